The van der Waals surface area contributed by atoms with Crippen molar-refractivity contribution in [2.75, 3.05) is 19.5 Å². The number of anilines is 1. The maximum absolute atomic E-state index is 12.2. The van der Waals surface area contributed by atoms with Crippen LogP contribution in [0.4, 0.5) is 5.69 Å². The van der Waals surface area contributed by atoms with E-state index in [2.05, 4.69) is 5.32 Å². The van der Waals surface area contributed by atoms with Crippen LogP contribution in [-0.4, -0.2) is 26.2 Å². The van der Waals surface area contributed by atoms with Crippen LogP contribution < -0.4 is 19.5 Å². The number of methoxy groups -OCH3 is 2. The fourth-order valence-corrected chi connectivity index (χ4v) is 3.20. The van der Waals surface area contributed by atoms with Crippen molar-refractivity contribution in [3.8, 4) is 17.2 Å². The maximum Gasteiger partial charge on any atom is 0.225 e. The van der Waals surface area contributed by atoms with Crippen LogP contribution in [0.5, 0.6) is 17.2 Å². The Labute approximate surface area is 147 Å². The molecule has 0 saturated heterocycles. The minimum absolute atomic E-state index is 0.0250. The van der Waals surface area contributed by atoms with Crippen LogP contribution >= 0.6 is 0 Å². The number of hydrogen-bond acceptors (Lipinski definition) is 4. The van der Waals surface area contributed by atoms with Crippen molar-refractivity contribution in [3.05, 3.63) is 47.5 Å². The predicted molar refractivity (Wildman–Crippen MR) is 96.8 cm³/mol. The Morgan fingerprint density at radius 3 is 2.56 bits per heavy atom. The van der Waals surface area contributed by atoms with Crippen LogP contribution in [0.25, 0.3) is 0 Å². The van der Waals surface area contributed by atoms with Crippen LogP contribution in [0.2, 0.25) is 0 Å². The molecule has 5 heteroatoms. The molecule has 2 aromatic rings. The predicted octanol–water partition coefficient (Wildman–Crippen LogP) is 3.97. The summed E-state index contributed by atoms with van der Waals surface area (Å²) < 4.78 is 16.7. The van der Waals surface area contributed by atoms with Gasteiger partial charge in [0.1, 0.15) is 17.2 Å². The van der Waals surface area contributed by atoms with Gasteiger partial charge in [0.05, 0.1) is 26.0 Å². The Bertz CT molecular complexity index is 785. The first kappa shape index (κ1) is 17.1. The highest BCUT2D eigenvalue weighted by molar-refractivity contribution is 5.96. The molecule has 0 radical (unpaired) electrons. The van der Waals surface area contributed by atoms with Crippen molar-refractivity contribution in [1.82, 2.24) is 0 Å². The van der Waals surface area contributed by atoms with E-state index in [-0.39, 0.29) is 17.9 Å². The summed E-state index contributed by atoms with van der Waals surface area (Å²) in [7, 11) is 3.22. The second-order valence-electron chi connectivity index (χ2n) is 6.33. The van der Waals surface area contributed by atoms with Crippen LogP contribution in [0.3, 0.4) is 0 Å². The lowest BCUT2D eigenvalue weighted by molar-refractivity contribution is -0.116. The van der Waals surface area contributed by atoms with Gasteiger partial charge in [-0.25, -0.2) is 0 Å². The zero-order valence-electron chi connectivity index (χ0n) is 15.0. The summed E-state index contributed by atoms with van der Waals surface area (Å²) in [6.45, 7) is 3.98. The first-order chi connectivity index (χ1) is 12.0. The molecule has 1 unspecified atom stereocenters. The van der Waals surface area contributed by atoms with E-state index in [0.717, 1.165) is 22.6 Å². The lowest BCUT2D eigenvalue weighted by atomic mass is 9.84. The largest absolute Gasteiger partial charge is 0.497 e. The Hall–Kier alpha value is -2.69. The summed E-state index contributed by atoms with van der Waals surface area (Å²) in [4.78, 5) is 12.2. The molecule has 1 atom stereocenters. The third-order valence-corrected chi connectivity index (χ3v) is 4.22. The van der Waals surface area contributed by atoms with Crippen molar-refractivity contribution in [1.29, 1.82) is 0 Å². The quantitative estimate of drug-likeness (QED) is 0.894. The highest BCUT2D eigenvalue weighted by atomic mass is 16.5. The van der Waals surface area contributed by atoms with Crippen molar-refractivity contribution in [2.24, 2.45) is 0 Å². The number of ether oxygens (including phenoxy) is 3. The van der Waals surface area contributed by atoms with Crippen molar-refractivity contribution >= 4 is 11.6 Å². The molecule has 1 aliphatic heterocycles. The molecule has 1 N–H and O–H groups in total. The Morgan fingerprint density at radius 2 is 1.88 bits per heavy atom. The Kier molecular flexibility index (Phi) is 4.83. The number of amides is 1. The molecule has 5 nitrogen and oxygen atoms in total. The zero-order chi connectivity index (χ0) is 18.0. The SMILES string of the molecule is COc1cc2c(c(OC)c1)C(c1cccc(OC(C)C)c1)CC(=O)N2. The van der Waals surface area contributed by atoms with Gasteiger partial charge in [0, 0.05) is 30.0 Å². The van der Waals surface area contributed by atoms with Gasteiger partial charge in [-0.15, -0.1) is 0 Å². The van der Waals surface area contributed by atoms with Gasteiger partial charge in [-0.05, 0) is 31.5 Å². The molecule has 0 aromatic heterocycles. The summed E-state index contributed by atoms with van der Waals surface area (Å²) in [6.07, 6.45) is 0.455. The molecule has 0 bridgehead atoms. The van der Waals surface area contributed by atoms with E-state index in [0.29, 0.717) is 17.9 Å². The number of benzene rings is 2. The zero-order valence-corrected chi connectivity index (χ0v) is 15.0. The number of carbonyl (C=O) groups excluding carboxylic acids is 1. The number of fused-ring (bicyclic) bond motifs is 1. The minimum Gasteiger partial charge on any atom is -0.497 e. The van der Waals surface area contributed by atoms with Crippen molar-refractivity contribution in [2.45, 2.75) is 32.3 Å². The second kappa shape index (κ2) is 7.05. The van der Waals surface area contributed by atoms with Crippen LogP contribution in [0.15, 0.2) is 36.4 Å². The molecule has 2 aromatic carbocycles. The number of rotatable bonds is 5. The molecular weight excluding hydrogens is 318 g/mol. The van der Waals surface area contributed by atoms with E-state index in [4.69, 9.17) is 14.2 Å². The fourth-order valence-electron chi connectivity index (χ4n) is 3.20. The van der Waals surface area contributed by atoms with Gasteiger partial charge in [-0.1, -0.05) is 12.1 Å². The molecule has 0 spiro atoms. The Balaban J connectivity index is 2.09. The molecule has 1 amide bonds. The minimum atomic E-state index is -0.0969. The fraction of sp³-hybridized carbons (Fsp3) is 0.350. The van der Waals surface area contributed by atoms with Crippen LogP contribution in [0, 0.1) is 0 Å². The molecule has 1 aliphatic rings. The number of nitrogens with one attached hydrogen (secondary N) is 1. The summed E-state index contributed by atoms with van der Waals surface area (Å²) in [6, 6.07) is 11.6. The molecule has 1 heterocycles. The Morgan fingerprint density at radius 1 is 1.08 bits per heavy atom. The van der Waals surface area contributed by atoms with Gasteiger partial charge in [0.25, 0.3) is 0 Å². The topological polar surface area (TPSA) is 56.8 Å². The average Bonchev–Trinajstić information content (AvgIpc) is 2.59. The van der Waals surface area contributed by atoms with E-state index < -0.39 is 0 Å². The second-order valence-corrected chi connectivity index (χ2v) is 6.33. The number of hydrogen-bond donors (Lipinski definition) is 1. The lowest BCUT2D eigenvalue weighted by Gasteiger charge is -2.28. The average molecular weight is 341 g/mol. The lowest BCUT2D eigenvalue weighted by Crippen LogP contribution is -2.24. The molecule has 132 valence electrons. The summed E-state index contributed by atoms with van der Waals surface area (Å²) in [5.74, 6) is 2.03. The van der Waals surface area contributed by atoms with Gasteiger partial charge >= 0.3 is 0 Å². The standard InChI is InChI=1S/C20H23NO4/c1-12(2)25-14-7-5-6-13(8-14)16-11-19(22)21-17-9-15(23-3)10-18(24-4)20(16)17/h5-10,12,16H,11H2,1-4H3,(H,21,22). The molecule has 25 heavy (non-hydrogen) atoms. The van der Waals surface area contributed by atoms with E-state index in [9.17, 15) is 4.79 Å². The normalized spacial score (nSPS) is 16.2. The highest BCUT2D eigenvalue weighted by Gasteiger charge is 2.30. The van der Waals surface area contributed by atoms with Gasteiger partial charge in [0.2, 0.25) is 5.91 Å². The van der Waals surface area contributed by atoms with Gasteiger partial charge < -0.3 is 19.5 Å². The van der Waals surface area contributed by atoms with Gasteiger partial charge in [-0.2, -0.15) is 0 Å². The third kappa shape index (κ3) is 3.55. The number of carbonyl (C=O) groups is 1. The van der Waals surface area contributed by atoms with E-state index >= 15 is 0 Å². The molecule has 0 saturated carbocycles. The molecule has 0 aliphatic carbocycles. The van der Waals surface area contributed by atoms with Crippen LogP contribution in [-0.2, 0) is 4.79 Å². The molecule has 0 fully saturated rings. The van der Waals surface area contributed by atoms with Gasteiger partial charge in [-0.3, -0.25) is 4.79 Å². The highest BCUT2D eigenvalue weighted by Crippen LogP contribution is 2.45. The monoisotopic (exact) mass is 341 g/mol. The van der Waals surface area contributed by atoms with Crippen LogP contribution in [0.1, 0.15) is 37.3 Å². The smallest absolute Gasteiger partial charge is 0.225 e. The van der Waals surface area contributed by atoms with Gasteiger partial charge in [0.15, 0.2) is 0 Å². The third-order valence-electron chi connectivity index (χ3n) is 4.22. The first-order valence-electron chi connectivity index (χ1n) is 8.34. The van der Waals surface area contributed by atoms with E-state index in [1.54, 1.807) is 14.2 Å². The van der Waals surface area contributed by atoms with E-state index in [1.165, 1.54) is 0 Å². The summed E-state index contributed by atoms with van der Waals surface area (Å²) in [5, 5.41) is 2.93. The summed E-state index contributed by atoms with van der Waals surface area (Å²) in [5.41, 5.74) is 2.72. The summed E-state index contributed by atoms with van der Waals surface area (Å²) >= 11 is 0. The molecular formula is C20H23NO4. The first-order valence-corrected chi connectivity index (χ1v) is 8.34. The molecule has 3 rings (SSSR count). The van der Waals surface area contributed by atoms with E-state index in [1.807, 2.05) is 50.2 Å². The maximum atomic E-state index is 12.2. The van der Waals surface area contributed by atoms with Crippen molar-refractivity contribution < 1.29 is 19.0 Å². The van der Waals surface area contributed by atoms with Crippen molar-refractivity contribution in [3.63, 3.8) is 0 Å².